The van der Waals surface area contributed by atoms with Gasteiger partial charge in [0.25, 0.3) is 0 Å². The highest BCUT2D eigenvalue weighted by Gasteiger charge is 2.08. The second kappa shape index (κ2) is 6.63. The third kappa shape index (κ3) is 4.00. The Labute approximate surface area is 119 Å². The molecule has 0 amide bonds. The van der Waals surface area contributed by atoms with E-state index >= 15 is 0 Å². The number of hydrogen-bond acceptors (Lipinski definition) is 5. The Bertz CT molecular complexity index is 554. The number of thioether (sulfide) groups is 2. The van der Waals surface area contributed by atoms with E-state index in [1.54, 1.807) is 11.8 Å². The van der Waals surface area contributed by atoms with Crippen LogP contribution in [0, 0.1) is 0 Å². The number of H-pyrrole nitrogens is 1. The molecule has 0 radical (unpaired) electrons. The van der Waals surface area contributed by atoms with Gasteiger partial charge in [-0.25, -0.2) is 4.98 Å². The first-order valence-electron chi connectivity index (χ1n) is 5.69. The van der Waals surface area contributed by atoms with Gasteiger partial charge in [-0.05, 0) is 17.9 Å². The van der Waals surface area contributed by atoms with Gasteiger partial charge in [0.2, 0.25) is 5.16 Å². The monoisotopic (exact) mass is 295 g/mol. The molecule has 1 aromatic heterocycles. The quantitative estimate of drug-likeness (QED) is 0.798. The van der Waals surface area contributed by atoms with Crippen molar-refractivity contribution in [1.82, 2.24) is 15.2 Å². The number of carboxylic acid groups (broad SMARTS) is 1. The van der Waals surface area contributed by atoms with Gasteiger partial charge in [-0.15, -0.1) is 16.9 Å². The van der Waals surface area contributed by atoms with Gasteiger partial charge in [-0.2, -0.15) is 0 Å². The average Bonchev–Trinajstić information content (AvgIpc) is 2.86. The molecule has 0 aliphatic heterocycles. The molecule has 0 aliphatic carbocycles. The van der Waals surface area contributed by atoms with E-state index in [0.717, 1.165) is 23.1 Å². The smallest absolute Gasteiger partial charge is 0.313 e. The van der Waals surface area contributed by atoms with Gasteiger partial charge in [0.15, 0.2) is 5.82 Å². The summed E-state index contributed by atoms with van der Waals surface area (Å²) in [6.45, 7) is 2.11. The Morgan fingerprint density at radius 1 is 1.32 bits per heavy atom. The summed E-state index contributed by atoms with van der Waals surface area (Å²) in [5.41, 5.74) is 0.940. The van der Waals surface area contributed by atoms with Gasteiger partial charge in [-0.3, -0.25) is 9.89 Å². The summed E-state index contributed by atoms with van der Waals surface area (Å²) in [6, 6.07) is 8.03. The first kappa shape index (κ1) is 14.0. The van der Waals surface area contributed by atoms with Crippen molar-refractivity contribution in [3.8, 4) is 11.4 Å². The molecule has 19 heavy (non-hydrogen) atoms. The van der Waals surface area contributed by atoms with E-state index in [-0.39, 0.29) is 5.75 Å². The lowest BCUT2D eigenvalue weighted by Crippen LogP contribution is -1.97. The summed E-state index contributed by atoms with van der Waals surface area (Å²) in [5, 5.41) is 15.8. The van der Waals surface area contributed by atoms with E-state index < -0.39 is 5.97 Å². The maximum atomic E-state index is 10.5. The van der Waals surface area contributed by atoms with Crippen molar-refractivity contribution in [1.29, 1.82) is 0 Å². The van der Waals surface area contributed by atoms with Crippen molar-refractivity contribution >= 4 is 29.5 Å². The van der Waals surface area contributed by atoms with Crippen LogP contribution in [-0.4, -0.2) is 37.8 Å². The number of benzene rings is 1. The van der Waals surface area contributed by atoms with Crippen molar-refractivity contribution < 1.29 is 9.90 Å². The molecule has 0 spiro atoms. The van der Waals surface area contributed by atoms with Crippen LogP contribution in [0.3, 0.4) is 0 Å². The van der Waals surface area contributed by atoms with Gasteiger partial charge < -0.3 is 5.11 Å². The van der Waals surface area contributed by atoms with Crippen molar-refractivity contribution in [3.05, 3.63) is 24.3 Å². The lowest BCUT2D eigenvalue weighted by atomic mass is 10.2. The molecule has 1 heterocycles. The van der Waals surface area contributed by atoms with Gasteiger partial charge in [-0.1, -0.05) is 30.8 Å². The maximum absolute atomic E-state index is 10.5. The van der Waals surface area contributed by atoms with E-state index in [9.17, 15) is 4.79 Å². The second-order valence-corrected chi connectivity index (χ2v) is 5.89. The molecule has 5 nitrogen and oxygen atoms in total. The van der Waals surface area contributed by atoms with E-state index in [0.29, 0.717) is 11.0 Å². The molecule has 0 unspecified atom stereocenters. The molecule has 0 aliphatic rings. The normalized spacial score (nSPS) is 10.6. The molecule has 100 valence electrons. The first-order valence-corrected chi connectivity index (χ1v) is 7.66. The van der Waals surface area contributed by atoms with Crippen LogP contribution in [0.2, 0.25) is 0 Å². The number of carbonyl (C=O) groups is 1. The number of hydrogen-bond donors (Lipinski definition) is 2. The SMILES string of the molecule is CCSc1ccc(-c2nc(SCC(=O)O)n[nH]2)cc1. The zero-order valence-electron chi connectivity index (χ0n) is 10.3. The van der Waals surface area contributed by atoms with Crippen molar-refractivity contribution in [2.24, 2.45) is 0 Å². The van der Waals surface area contributed by atoms with Gasteiger partial charge in [0.1, 0.15) is 0 Å². The minimum atomic E-state index is -0.878. The molecule has 2 rings (SSSR count). The number of rotatable bonds is 6. The number of nitrogens with zero attached hydrogens (tertiary/aromatic N) is 2. The van der Waals surface area contributed by atoms with Gasteiger partial charge in [0, 0.05) is 10.5 Å². The first-order chi connectivity index (χ1) is 9.19. The lowest BCUT2D eigenvalue weighted by molar-refractivity contribution is -0.133. The van der Waals surface area contributed by atoms with E-state index in [4.69, 9.17) is 5.11 Å². The van der Waals surface area contributed by atoms with Crippen LogP contribution >= 0.6 is 23.5 Å². The summed E-state index contributed by atoms with van der Waals surface area (Å²) in [4.78, 5) is 15.9. The summed E-state index contributed by atoms with van der Waals surface area (Å²) >= 11 is 2.88. The molecule has 0 bridgehead atoms. The number of aliphatic carboxylic acids is 1. The molecule has 1 aromatic carbocycles. The fraction of sp³-hybridized carbons (Fsp3) is 0.250. The largest absolute Gasteiger partial charge is 0.481 e. The van der Waals surface area contributed by atoms with Crippen LogP contribution in [0.25, 0.3) is 11.4 Å². The fourth-order valence-electron chi connectivity index (χ4n) is 1.44. The molecular formula is C12H13N3O2S2. The standard InChI is InChI=1S/C12H13N3O2S2/c1-2-18-9-5-3-8(4-6-9)11-13-12(15-14-11)19-7-10(16)17/h3-6H,2,7H2,1H3,(H,16,17)(H,13,14,15). The van der Waals surface area contributed by atoms with Crippen molar-refractivity contribution in [2.45, 2.75) is 17.0 Å². The second-order valence-electron chi connectivity index (χ2n) is 3.61. The van der Waals surface area contributed by atoms with Crippen LogP contribution in [0.5, 0.6) is 0 Å². The van der Waals surface area contributed by atoms with Crippen LogP contribution in [-0.2, 0) is 4.79 Å². The number of aromatic nitrogens is 3. The predicted octanol–water partition coefficient (Wildman–Crippen LogP) is 2.76. The molecule has 0 saturated carbocycles. The molecule has 0 fully saturated rings. The lowest BCUT2D eigenvalue weighted by Gasteiger charge is -1.99. The summed E-state index contributed by atoms with van der Waals surface area (Å²) in [5.74, 6) is 0.777. The van der Waals surface area contributed by atoms with E-state index in [1.807, 2.05) is 24.3 Å². The number of aromatic amines is 1. The summed E-state index contributed by atoms with van der Waals surface area (Å²) in [6.07, 6.45) is 0. The minimum absolute atomic E-state index is 0.0383. The van der Waals surface area contributed by atoms with E-state index in [2.05, 4.69) is 22.1 Å². The van der Waals surface area contributed by atoms with Crippen LogP contribution in [0.4, 0.5) is 0 Å². The van der Waals surface area contributed by atoms with Gasteiger partial charge >= 0.3 is 5.97 Å². The van der Waals surface area contributed by atoms with Gasteiger partial charge in [0.05, 0.1) is 5.75 Å². The van der Waals surface area contributed by atoms with E-state index in [1.165, 1.54) is 4.90 Å². The Morgan fingerprint density at radius 3 is 2.68 bits per heavy atom. The third-order valence-corrected chi connectivity index (χ3v) is 3.95. The third-order valence-electron chi connectivity index (χ3n) is 2.23. The highest BCUT2D eigenvalue weighted by atomic mass is 32.2. The highest BCUT2D eigenvalue weighted by molar-refractivity contribution is 7.99. The number of nitrogens with one attached hydrogen (secondary N) is 1. The predicted molar refractivity (Wildman–Crippen MR) is 76.6 cm³/mol. The minimum Gasteiger partial charge on any atom is -0.481 e. The fourth-order valence-corrected chi connectivity index (χ4v) is 2.62. The maximum Gasteiger partial charge on any atom is 0.313 e. The molecular weight excluding hydrogens is 282 g/mol. The average molecular weight is 295 g/mol. The molecule has 2 N–H and O–H groups in total. The zero-order valence-corrected chi connectivity index (χ0v) is 11.9. The molecule has 7 heteroatoms. The Morgan fingerprint density at radius 2 is 2.05 bits per heavy atom. The van der Waals surface area contributed by atoms with Crippen LogP contribution in [0.15, 0.2) is 34.3 Å². The molecule has 0 atom stereocenters. The summed E-state index contributed by atoms with van der Waals surface area (Å²) in [7, 11) is 0. The van der Waals surface area contributed by atoms with Crippen LogP contribution < -0.4 is 0 Å². The Balaban J connectivity index is 2.07. The highest BCUT2D eigenvalue weighted by Crippen LogP contribution is 2.23. The molecule has 0 saturated heterocycles. The number of carboxylic acids is 1. The van der Waals surface area contributed by atoms with Crippen molar-refractivity contribution in [3.63, 3.8) is 0 Å². The Kier molecular flexibility index (Phi) is 4.86. The zero-order chi connectivity index (χ0) is 13.7. The van der Waals surface area contributed by atoms with Crippen LogP contribution in [0.1, 0.15) is 6.92 Å². The Hall–Kier alpha value is -1.47. The topological polar surface area (TPSA) is 78.9 Å². The van der Waals surface area contributed by atoms with Crippen molar-refractivity contribution in [2.75, 3.05) is 11.5 Å². The molecule has 2 aromatic rings. The summed E-state index contributed by atoms with van der Waals surface area (Å²) < 4.78 is 0.